The van der Waals surface area contributed by atoms with Crippen LogP contribution in [0.5, 0.6) is 0 Å². The smallest absolute Gasteiger partial charge is 0.273 e. The summed E-state index contributed by atoms with van der Waals surface area (Å²) in [6.45, 7) is 2.79. The van der Waals surface area contributed by atoms with Crippen molar-refractivity contribution in [1.82, 2.24) is 8.97 Å². The molecule has 0 bridgehead atoms. The Kier molecular flexibility index (Phi) is 5.44. The van der Waals surface area contributed by atoms with Gasteiger partial charge in [-0.15, -0.1) is 0 Å². The average molecular weight is 482 g/mol. The Morgan fingerprint density at radius 3 is 2.14 bits per heavy atom. The van der Waals surface area contributed by atoms with Gasteiger partial charge in [0.25, 0.3) is 5.91 Å². The Hall–Kier alpha value is -4.19. The first-order valence-corrected chi connectivity index (χ1v) is 12.2. The minimum atomic E-state index is -0.317. The fraction of sp³-hybridized carbons (Fsp3) is 0.167. The molecule has 0 aliphatic carbocycles. The predicted octanol–water partition coefficient (Wildman–Crippen LogP) is 7.25. The number of hydrogen-bond acceptors (Lipinski definition) is 1. The number of hydrogen-bond donors (Lipinski definition) is 1. The van der Waals surface area contributed by atoms with E-state index in [1.807, 2.05) is 41.8 Å². The zero-order valence-electron chi connectivity index (χ0n) is 19.9. The Balaban J connectivity index is 1.60. The Labute approximate surface area is 207 Å². The number of benzene rings is 3. The van der Waals surface area contributed by atoms with Crippen molar-refractivity contribution in [2.24, 2.45) is 0 Å². The Bertz CT molecular complexity index is 1580. The molecule has 0 spiro atoms. The van der Waals surface area contributed by atoms with Crippen molar-refractivity contribution < 1.29 is 13.6 Å². The van der Waals surface area contributed by atoms with E-state index in [2.05, 4.69) is 9.88 Å². The summed E-state index contributed by atoms with van der Waals surface area (Å²) < 4.78 is 31.6. The van der Waals surface area contributed by atoms with Gasteiger partial charge in [-0.1, -0.05) is 29.8 Å². The number of nitrogens with one attached hydrogen (secondary N) is 1. The summed E-state index contributed by atoms with van der Waals surface area (Å²) in [6, 6.07) is 20.5. The number of carbonyl (C=O) groups excluding carboxylic acids is 1. The van der Waals surface area contributed by atoms with Crippen LogP contribution in [0, 0.1) is 18.6 Å². The topological polar surface area (TPSA) is 38.4 Å². The summed E-state index contributed by atoms with van der Waals surface area (Å²) in [6.07, 6.45) is 4.73. The first-order chi connectivity index (χ1) is 17.5. The molecule has 0 atom stereocenters. The van der Waals surface area contributed by atoms with E-state index in [9.17, 15) is 13.6 Å². The maximum atomic E-state index is 13.8. The standard InChI is InChI=1S/C30H25F2N3O/c1-19-5-15-24(16-6-19)33-29(36)28-27(21-9-13-23(32)14-10-21)25-4-2-3-17-34-26(18-35(28)30(25)34)20-7-11-22(31)12-8-20/h5-16,18H,2-4,17H2,1H3,(H,33,36). The van der Waals surface area contributed by atoms with Gasteiger partial charge in [-0.3, -0.25) is 9.20 Å². The van der Waals surface area contributed by atoms with Crippen LogP contribution < -0.4 is 5.32 Å². The van der Waals surface area contributed by atoms with E-state index in [4.69, 9.17) is 0 Å². The van der Waals surface area contributed by atoms with Crippen molar-refractivity contribution >= 4 is 17.2 Å². The van der Waals surface area contributed by atoms with Gasteiger partial charge in [-0.2, -0.15) is 0 Å². The maximum Gasteiger partial charge on any atom is 0.273 e. The maximum absolute atomic E-state index is 13.8. The second-order valence-corrected chi connectivity index (χ2v) is 9.35. The van der Waals surface area contributed by atoms with Gasteiger partial charge in [0.15, 0.2) is 0 Å². The number of amides is 1. The van der Waals surface area contributed by atoms with Crippen LogP contribution in [0.15, 0.2) is 79.0 Å². The van der Waals surface area contributed by atoms with E-state index < -0.39 is 0 Å². The highest BCUT2D eigenvalue weighted by atomic mass is 19.1. The largest absolute Gasteiger partial charge is 0.325 e. The second kappa shape index (κ2) is 8.79. The van der Waals surface area contributed by atoms with Crippen molar-refractivity contribution in [2.45, 2.75) is 32.7 Å². The molecule has 180 valence electrons. The fourth-order valence-electron chi connectivity index (χ4n) is 5.21. The highest BCUT2D eigenvalue weighted by molar-refractivity contribution is 6.10. The normalized spacial score (nSPS) is 13.1. The summed E-state index contributed by atoms with van der Waals surface area (Å²) in [4.78, 5) is 13.8. The van der Waals surface area contributed by atoms with Gasteiger partial charge in [0.05, 0.1) is 5.69 Å². The molecule has 6 rings (SSSR count). The van der Waals surface area contributed by atoms with Gasteiger partial charge < -0.3 is 9.88 Å². The number of imidazole rings is 1. The molecule has 6 heteroatoms. The SMILES string of the molecule is Cc1ccc(NC(=O)c2c(-c3ccc(F)cc3)c3c4n(c(-c5ccc(F)cc5)cn24)CCCC3)cc1. The van der Waals surface area contributed by atoms with Gasteiger partial charge in [-0.05, 0) is 85.8 Å². The van der Waals surface area contributed by atoms with Gasteiger partial charge in [0.1, 0.15) is 23.0 Å². The Morgan fingerprint density at radius 1 is 0.833 bits per heavy atom. The summed E-state index contributed by atoms with van der Waals surface area (Å²) in [5.41, 5.74) is 7.81. The zero-order chi connectivity index (χ0) is 24.8. The van der Waals surface area contributed by atoms with Gasteiger partial charge in [-0.25, -0.2) is 8.78 Å². The van der Waals surface area contributed by atoms with Crippen molar-refractivity contribution in [2.75, 3.05) is 5.32 Å². The fourth-order valence-corrected chi connectivity index (χ4v) is 5.21. The van der Waals surface area contributed by atoms with Crippen LogP contribution in [0.2, 0.25) is 0 Å². The summed E-state index contributed by atoms with van der Waals surface area (Å²) in [5.74, 6) is -0.838. The molecule has 2 aromatic heterocycles. The number of halogens is 2. The highest BCUT2D eigenvalue weighted by Gasteiger charge is 2.29. The molecule has 0 saturated carbocycles. The molecule has 1 aliphatic rings. The molecule has 1 amide bonds. The van der Waals surface area contributed by atoms with Crippen LogP contribution in [-0.4, -0.2) is 14.9 Å². The van der Waals surface area contributed by atoms with E-state index >= 15 is 0 Å². The van der Waals surface area contributed by atoms with E-state index in [1.165, 1.54) is 24.3 Å². The van der Waals surface area contributed by atoms with Crippen molar-refractivity contribution in [3.8, 4) is 22.4 Å². The number of carbonyl (C=O) groups is 1. The monoisotopic (exact) mass is 481 g/mol. The number of nitrogens with zero attached hydrogens (tertiary/aromatic N) is 2. The number of aryl methyl sites for hydroxylation is 3. The molecule has 3 heterocycles. The predicted molar refractivity (Wildman–Crippen MR) is 138 cm³/mol. The molecule has 3 aromatic carbocycles. The molecule has 1 N–H and O–H groups in total. The van der Waals surface area contributed by atoms with E-state index in [-0.39, 0.29) is 17.5 Å². The molecule has 0 unspecified atom stereocenters. The van der Waals surface area contributed by atoms with Gasteiger partial charge in [0, 0.05) is 29.6 Å². The van der Waals surface area contributed by atoms with E-state index in [1.54, 1.807) is 24.3 Å². The van der Waals surface area contributed by atoms with Crippen LogP contribution >= 0.6 is 0 Å². The second-order valence-electron chi connectivity index (χ2n) is 9.35. The Morgan fingerprint density at radius 2 is 1.47 bits per heavy atom. The third-order valence-electron chi connectivity index (χ3n) is 6.93. The first-order valence-electron chi connectivity index (χ1n) is 12.2. The first kappa shape index (κ1) is 22.3. The van der Waals surface area contributed by atoms with Crippen molar-refractivity contribution in [3.63, 3.8) is 0 Å². The molecular weight excluding hydrogens is 456 g/mol. The van der Waals surface area contributed by atoms with Crippen LogP contribution in [0.1, 0.15) is 34.5 Å². The quantitative estimate of drug-likeness (QED) is 0.288. The number of aromatic nitrogens is 2. The third kappa shape index (κ3) is 3.79. The molecule has 0 radical (unpaired) electrons. The van der Waals surface area contributed by atoms with Gasteiger partial charge >= 0.3 is 0 Å². The minimum absolute atomic E-state index is 0.234. The number of rotatable bonds is 4. The lowest BCUT2D eigenvalue weighted by Crippen LogP contribution is -2.15. The van der Waals surface area contributed by atoms with Crippen molar-refractivity contribution in [1.29, 1.82) is 0 Å². The third-order valence-corrected chi connectivity index (χ3v) is 6.93. The highest BCUT2D eigenvalue weighted by Crippen LogP contribution is 2.39. The molecule has 0 saturated heterocycles. The summed E-state index contributed by atoms with van der Waals surface area (Å²) >= 11 is 0. The van der Waals surface area contributed by atoms with E-state index in [0.717, 1.165) is 65.0 Å². The number of anilines is 1. The molecule has 4 nitrogen and oxygen atoms in total. The minimum Gasteiger partial charge on any atom is -0.325 e. The lowest BCUT2D eigenvalue weighted by molar-refractivity contribution is 0.102. The van der Waals surface area contributed by atoms with E-state index in [0.29, 0.717) is 11.4 Å². The van der Waals surface area contributed by atoms with Crippen LogP contribution in [-0.2, 0) is 13.0 Å². The lowest BCUT2D eigenvalue weighted by atomic mass is 9.97. The van der Waals surface area contributed by atoms with Crippen LogP contribution in [0.3, 0.4) is 0 Å². The molecular formula is C30H25F2N3O. The summed E-state index contributed by atoms with van der Waals surface area (Å²) in [5, 5.41) is 3.06. The average Bonchev–Trinajstić information content (AvgIpc) is 3.29. The zero-order valence-corrected chi connectivity index (χ0v) is 19.9. The van der Waals surface area contributed by atoms with Crippen molar-refractivity contribution in [3.05, 3.63) is 107 Å². The molecule has 0 fully saturated rings. The molecule has 36 heavy (non-hydrogen) atoms. The lowest BCUT2D eigenvalue weighted by Gasteiger charge is -2.10. The van der Waals surface area contributed by atoms with Gasteiger partial charge in [0.2, 0.25) is 0 Å². The van der Waals surface area contributed by atoms with Crippen LogP contribution in [0.4, 0.5) is 14.5 Å². The molecule has 1 aliphatic heterocycles. The molecule has 5 aromatic rings. The van der Waals surface area contributed by atoms with Crippen LogP contribution in [0.25, 0.3) is 28.0 Å². The summed E-state index contributed by atoms with van der Waals surface area (Å²) in [7, 11) is 0.